The Labute approximate surface area is 213 Å². The Kier molecular flexibility index (Phi) is 14.9. The first kappa shape index (κ1) is 33.0. The van der Waals surface area contributed by atoms with E-state index in [1.165, 1.54) is 0 Å². The summed E-state index contributed by atoms with van der Waals surface area (Å²) in [7, 11) is 0. The largest absolute Gasteiger partial charge is 0.481 e. The molecule has 0 heterocycles. The third kappa shape index (κ3) is 13.6. The van der Waals surface area contributed by atoms with Crippen LogP contribution >= 0.6 is 0 Å². The van der Waals surface area contributed by atoms with Crippen LogP contribution in [0.5, 0.6) is 0 Å². The Morgan fingerprint density at radius 2 is 1.41 bits per heavy atom. The highest BCUT2D eigenvalue weighted by Crippen LogP contribution is 2.09. The molecule has 5 atom stereocenters. The molecular weight excluding hydrogens is 494 g/mol. The van der Waals surface area contributed by atoms with Gasteiger partial charge in [-0.15, -0.1) is 0 Å². The number of guanidine groups is 1. The highest BCUT2D eigenvalue weighted by molar-refractivity contribution is 5.95. The molecule has 0 aliphatic heterocycles. The van der Waals surface area contributed by atoms with Crippen LogP contribution in [0.15, 0.2) is 4.99 Å². The third-order valence-electron chi connectivity index (χ3n) is 5.37. The lowest BCUT2D eigenvalue weighted by molar-refractivity contribution is -0.144. The molecule has 3 amide bonds. The minimum Gasteiger partial charge on any atom is -0.481 e. The summed E-state index contributed by atoms with van der Waals surface area (Å²) >= 11 is 0. The van der Waals surface area contributed by atoms with Crippen LogP contribution in [0.25, 0.3) is 0 Å². The molecule has 0 saturated carbocycles. The summed E-state index contributed by atoms with van der Waals surface area (Å²) in [6.07, 6.45) is -0.966. The summed E-state index contributed by atoms with van der Waals surface area (Å²) < 4.78 is 0. The maximum absolute atomic E-state index is 12.9. The second-order valence-corrected chi connectivity index (χ2v) is 8.42. The highest BCUT2D eigenvalue weighted by atomic mass is 16.4. The predicted octanol–water partition coefficient (Wildman–Crippen LogP) is -2.71. The van der Waals surface area contributed by atoms with Gasteiger partial charge in [-0.25, -0.2) is 4.79 Å². The number of carboxylic acid groups (broad SMARTS) is 3. The Morgan fingerprint density at radius 1 is 0.838 bits per heavy atom. The van der Waals surface area contributed by atoms with Gasteiger partial charge in [0.25, 0.3) is 0 Å². The molecule has 0 saturated heterocycles. The van der Waals surface area contributed by atoms with Crippen LogP contribution in [0, 0.1) is 5.92 Å². The monoisotopic (exact) mass is 531 g/mol. The number of aliphatic imine (C=N–C) groups is 1. The van der Waals surface area contributed by atoms with Crippen molar-refractivity contribution in [3.05, 3.63) is 0 Å². The lowest BCUT2D eigenvalue weighted by atomic mass is 9.98. The van der Waals surface area contributed by atoms with E-state index in [0.29, 0.717) is 12.8 Å². The summed E-state index contributed by atoms with van der Waals surface area (Å²) in [5, 5.41) is 34.2. The average molecular weight is 532 g/mol. The zero-order valence-corrected chi connectivity index (χ0v) is 20.8. The van der Waals surface area contributed by atoms with Gasteiger partial charge < -0.3 is 48.5 Å². The number of carboxylic acids is 3. The Bertz CT molecular complexity index is 861. The van der Waals surface area contributed by atoms with Gasteiger partial charge in [-0.3, -0.25) is 29.0 Å². The lowest BCUT2D eigenvalue weighted by Crippen LogP contribution is -2.58. The number of rotatable bonds is 18. The molecule has 12 N–H and O–H groups in total. The van der Waals surface area contributed by atoms with Crippen LogP contribution in [0.3, 0.4) is 0 Å². The molecule has 210 valence electrons. The Hall–Kier alpha value is -3.95. The molecule has 0 rings (SSSR count). The van der Waals surface area contributed by atoms with Gasteiger partial charge in [0, 0.05) is 13.0 Å². The topological polar surface area (TPSA) is 290 Å². The number of amides is 3. The van der Waals surface area contributed by atoms with Gasteiger partial charge in [0.05, 0.1) is 12.5 Å². The van der Waals surface area contributed by atoms with Crippen molar-refractivity contribution in [2.24, 2.45) is 28.1 Å². The molecule has 0 spiro atoms. The number of nitrogens with two attached hydrogens (primary N) is 3. The molecule has 16 heteroatoms. The van der Waals surface area contributed by atoms with Crippen molar-refractivity contribution in [1.29, 1.82) is 0 Å². The predicted molar refractivity (Wildman–Crippen MR) is 130 cm³/mol. The number of carbonyl (C=O) groups excluding carboxylic acids is 3. The van der Waals surface area contributed by atoms with Crippen LogP contribution in [0.1, 0.15) is 52.4 Å². The van der Waals surface area contributed by atoms with Gasteiger partial charge in [0.2, 0.25) is 17.7 Å². The maximum Gasteiger partial charge on any atom is 0.326 e. The second-order valence-electron chi connectivity index (χ2n) is 8.42. The van der Waals surface area contributed by atoms with Gasteiger partial charge >= 0.3 is 17.9 Å². The van der Waals surface area contributed by atoms with Gasteiger partial charge in [0.1, 0.15) is 18.1 Å². The van der Waals surface area contributed by atoms with Crippen LogP contribution in [-0.4, -0.2) is 87.6 Å². The minimum absolute atomic E-state index is 0.131. The molecule has 0 aromatic carbocycles. The molecule has 0 aromatic rings. The van der Waals surface area contributed by atoms with Crippen molar-refractivity contribution in [3.63, 3.8) is 0 Å². The van der Waals surface area contributed by atoms with E-state index in [1.807, 2.05) is 0 Å². The number of hydrogen-bond acceptors (Lipinski definition) is 8. The molecular formula is C21H37N7O9. The number of hydrogen-bond donors (Lipinski definition) is 9. The Morgan fingerprint density at radius 3 is 1.89 bits per heavy atom. The van der Waals surface area contributed by atoms with Crippen LogP contribution in [-0.2, 0) is 28.8 Å². The van der Waals surface area contributed by atoms with Crippen LogP contribution in [0.4, 0.5) is 0 Å². The molecule has 5 unspecified atom stereocenters. The van der Waals surface area contributed by atoms with E-state index < -0.39 is 78.6 Å². The van der Waals surface area contributed by atoms with E-state index in [2.05, 4.69) is 20.9 Å². The smallest absolute Gasteiger partial charge is 0.326 e. The first-order valence-electron chi connectivity index (χ1n) is 11.6. The summed E-state index contributed by atoms with van der Waals surface area (Å²) in [6.45, 7) is 3.47. The van der Waals surface area contributed by atoms with Gasteiger partial charge in [-0.2, -0.15) is 0 Å². The molecule has 0 aliphatic rings. The molecule has 0 aromatic heterocycles. The summed E-state index contributed by atoms with van der Waals surface area (Å²) in [4.78, 5) is 75.6. The molecule has 37 heavy (non-hydrogen) atoms. The SMILES string of the molecule is CCC(C)C(NC(=O)C(CC(=O)O)NC(=O)C(CCC(=O)O)NC(=O)C(N)CCCN=C(N)N)C(=O)O. The van der Waals surface area contributed by atoms with Crippen molar-refractivity contribution in [2.75, 3.05) is 6.54 Å². The van der Waals surface area contributed by atoms with Crippen LogP contribution in [0.2, 0.25) is 0 Å². The summed E-state index contributed by atoms with van der Waals surface area (Å²) in [5.74, 6) is -7.63. The van der Waals surface area contributed by atoms with Crippen molar-refractivity contribution in [2.45, 2.75) is 76.5 Å². The molecule has 0 aliphatic carbocycles. The maximum atomic E-state index is 12.9. The van der Waals surface area contributed by atoms with Crippen molar-refractivity contribution >= 4 is 41.6 Å². The van der Waals surface area contributed by atoms with E-state index in [1.54, 1.807) is 13.8 Å². The van der Waals surface area contributed by atoms with E-state index in [9.17, 15) is 39.0 Å². The Balaban J connectivity index is 5.54. The standard InChI is InChI=1S/C21H37N7O9/c1-3-10(2)16(20(36)37)28-19(35)13(9-15(31)32)27-18(34)12(6-7-14(29)30)26-17(33)11(22)5-4-8-25-21(23)24/h10-13,16H,3-9,22H2,1-2H3,(H,26,33)(H,27,34)(H,28,35)(H,29,30)(H,31,32)(H,36,37)(H4,23,24,25). The first-order valence-corrected chi connectivity index (χ1v) is 11.6. The van der Waals surface area contributed by atoms with Gasteiger partial charge in [-0.05, 0) is 25.2 Å². The van der Waals surface area contributed by atoms with Crippen LogP contribution < -0.4 is 33.2 Å². The van der Waals surface area contributed by atoms with Gasteiger partial charge in [-0.1, -0.05) is 20.3 Å². The fraction of sp³-hybridized carbons (Fsp3) is 0.667. The molecule has 0 fully saturated rings. The van der Waals surface area contributed by atoms with Crippen molar-refractivity contribution < 1.29 is 44.1 Å². The fourth-order valence-corrected chi connectivity index (χ4v) is 3.06. The van der Waals surface area contributed by atoms with Crippen molar-refractivity contribution in [3.8, 4) is 0 Å². The number of nitrogens with zero attached hydrogens (tertiary/aromatic N) is 1. The van der Waals surface area contributed by atoms with E-state index in [0.717, 1.165) is 0 Å². The zero-order valence-electron chi connectivity index (χ0n) is 20.8. The third-order valence-corrected chi connectivity index (χ3v) is 5.37. The fourth-order valence-electron chi connectivity index (χ4n) is 3.06. The van der Waals surface area contributed by atoms with E-state index in [4.69, 9.17) is 22.3 Å². The summed E-state index contributed by atoms with van der Waals surface area (Å²) in [6, 6.07) is -5.61. The van der Waals surface area contributed by atoms with E-state index in [-0.39, 0.29) is 25.3 Å². The molecule has 0 radical (unpaired) electrons. The number of aliphatic carboxylic acids is 3. The normalized spacial score (nSPS) is 14.7. The quantitative estimate of drug-likeness (QED) is 0.0495. The minimum atomic E-state index is -1.70. The number of carbonyl (C=O) groups is 6. The molecule has 16 nitrogen and oxygen atoms in total. The van der Waals surface area contributed by atoms with Crippen molar-refractivity contribution in [1.82, 2.24) is 16.0 Å². The zero-order chi connectivity index (χ0) is 28.7. The molecule has 0 bridgehead atoms. The lowest BCUT2D eigenvalue weighted by Gasteiger charge is -2.26. The van der Waals surface area contributed by atoms with E-state index >= 15 is 0 Å². The average Bonchev–Trinajstić information content (AvgIpc) is 2.80. The first-order chi connectivity index (χ1) is 17.2. The van der Waals surface area contributed by atoms with Gasteiger partial charge in [0.15, 0.2) is 5.96 Å². The highest BCUT2D eigenvalue weighted by Gasteiger charge is 2.33. The summed E-state index contributed by atoms with van der Waals surface area (Å²) in [5.41, 5.74) is 16.2. The second kappa shape index (κ2) is 16.7. The number of nitrogens with one attached hydrogen (secondary N) is 3.